The number of anilines is 2. The zero-order valence-electron chi connectivity index (χ0n) is 19.9. The van der Waals surface area contributed by atoms with E-state index in [1.807, 2.05) is 43.3 Å². The summed E-state index contributed by atoms with van der Waals surface area (Å²) < 4.78 is 0. The first kappa shape index (κ1) is 23.6. The third kappa shape index (κ3) is 5.68. The second kappa shape index (κ2) is 10.6. The molecule has 4 rings (SSSR count). The van der Waals surface area contributed by atoms with Gasteiger partial charge in [0, 0.05) is 35.4 Å². The number of aromatic nitrogens is 2. The highest BCUT2D eigenvalue weighted by Crippen LogP contribution is 2.37. The lowest BCUT2D eigenvalue weighted by molar-refractivity contribution is 0.0951. The Hall–Kier alpha value is -3.55. The van der Waals surface area contributed by atoms with E-state index in [1.165, 1.54) is 21.6 Å². The summed E-state index contributed by atoms with van der Waals surface area (Å²) in [6.07, 6.45) is 1.75. The Balaban J connectivity index is 1.50. The molecule has 0 saturated heterocycles. The predicted octanol–water partition coefficient (Wildman–Crippen LogP) is 5.52. The van der Waals surface area contributed by atoms with Crippen molar-refractivity contribution >= 4 is 28.9 Å². The summed E-state index contributed by atoms with van der Waals surface area (Å²) >= 11 is 1.72. The van der Waals surface area contributed by atoms with Gasteiger partial charge in [-0.2, -0.15) is 0 Å². The van der Waals surface area contributed by atoms with Crippen LogP contribution < -0.4 is 10.6 Å². The molecule has 0 saturated carbocycles. The molecule has 6 nitrogen and oxygen atoms in total. The van der Waals surface area contributed by atoms with Crippen LogP contribution in [0.2, 0.25) is 0 Å². The number of nitrogens with zero attached hydrogens (tertiary/aromatic N) is 3. The summed E-state index contributed by atoms with van der Waals surface area (Å²) in [6.45, 7) is 5.67. The molecule has 2 N–H and O–H groups in total. The Labute approximate surface area is 204 Å². The van der Waals surface area contributed by atoms with E-state index in [1.54, 1.807) is 23.6 Å². The molecular formula is C27H29N5OS. The van der Waals surface area contributed by atoms with Crippen molar-refractivity contribution in [2.75, 3.05) is 32.5 Å². The van der Waals surface area contributed by atoms with Gasteiger partial charge in [0.15, 0.2) is 0 Å². The molecule has 1 amide bonds. The fourth-order valence-electron chi connectivity index (χ4n) is 3.73. The van der Waals surface area contributed by atoms with Gasteiger partial charge in [0.05, 0.1) is 10.6 Å². The third-order valence-electron chi connectivity index (χ3n) is 5.47. The van der Waals surface area contributed by atoms with Crippen molar-refractivity contribution in [1.82, 2.24) is 20.2 Å². The number of benzene rings is 2. The highest BCUT2D eigenvalue weighted by atomic mass is 32.1. The minimum Gasteiger partial charge on any atom is -0.351 e. The molecule has 174 valence electrons. The Bertz CT molecular complexity index is 1280. The van der Waals surface area contributed by atoms with Crippen molar-refractivity contribution in [3.63, 3.8) is 0 Å². The molecule has 2 heterocycles. The van der Waals surface area contributed by atoms with Gasteiger partial charge >= 0.3 is 0 Å². The molecule has 0 aliphatic rings. The number of amides is 1. The van der Waals surface area contributed by atoms with Crippen LogP contribution in [0.1, 0.15) is 21.5 Å². The van der Waals surface area contributed by atoms with E-state index in [0.29, 0.717) is 18.1 Å². The van der Waals surface area contributed by atoms with Crippen LogP contribution in [-0.4, -0.2) is 48.0 Å². The van der Waals surface area contributed by atoms with Crippen LogP contribution in [0, 0.1) is 13.8 Å². The summed E-state index contributed by atoms with van der Waals surface area (Å²) in [4.78, 5) is 25.9. The molecular weight excluding hydrogens is 442 g/mol. The molecule has 0 aliphatic heterocycles. The fourth-order valence-corrected chi connectivity index (χ4v) is 4.88. The molecule has 0 aliphatic carbocycles. The average Bonchev–Trinajstić information content (AvgIpc) is 3.29. The number of hydrogen-bond acceptors (Lipinski definition) is 6. The third-order valence-corrected chi connectivity index (χ3v) is 6.59. The second-order valence-corrected chi connectivity index (χ2v) is 9.54. The van der Waals surface area contributed by atoms with E-state index >= 15 is 0 Å². The van der Waals surface area contributed by atoms with Gasteiger partial charge in [-0.25, -0.2) is 9.97 Å². The molecule has 2 aromatic carbocycles. The largest absolute Gasteiger partial charge is 0.351 e. The Morgan fingerprint density at radius 2 is 1.71 bits per heavy atom. The van der Waals surface area contributed by atoms with E-state index in [0.717, 1.165) is 22.8 Å². The molecule has 4 aromatic rings. The van der Waals surface area contributed by atoms with Gasteiger partial charge in [0.1, 0.15) is 0 Å². The van der Waals surface area contributed by atoms with Gasteiger partial charge < -0.3 is 15.5 Å². The zero-order valence-corrected chi connectivity index (χ0v) is 20.7. The fraction of sp³-hybridized carbons (Fsp3) is 0.222. The molecule has 2 aromatic heterocycles. The predicted molar refractivity (Wildman–Crippen MR) is 141 cm³/mol. The van der Waals surface area contributed by atoms with Crippen molar-refractivity contribution in [2.45, 2.75) is 13.8 Å². The Morgan fingerprint density at radius 3 is 2.47 bits per heavy atom. The van der Waals surface area contributed by atoms with Gasteiger partial charge in [0.25, 0.3) is 5.91 Å². The van der Waals surface area contributed by atoms with E-state index in [9.17, 15) is 4.79 Å². The summed E-state index contributed by atoms with van der Waals surface area (Å²) in [5.74, 6) is 0.391. The molecule has 0 radical (unpaired) electrons. The number of rotatable bonds is 8. The van der Waals surface area contributed by atoms with Crippen LogP contribution in [0.5, 0.6) is 0 Å². The minimum absolute atomic E-state index is 0.0993. The topological polar surface area (TPSA) is 70.2 Å². The van der Waals surface area contributed by atoms with Crippen LogP contribution in [0.25, 0.3) is 21.0 Å². The van der Waals surface area contributed by atoms with Gasteiger partial charge in [0.2, 0.25) is 5.95 Å². The second-order valence-electron chi connectivity index (χ2n) is 8.46. The summed E-state index contributed by atoms with van der Waals surface area (Å²) in [6, 6.07) is 19.9. The SMILES string of the molecule is Cc1cccc(C)c1-c1ccc(-c2ccnc(Nc3cccc(C(=O)NCCN(C)C)c3)n2)s1. The van der Waals surface area contributed by atoms with Crippen molar-refractivity contribution < 1.29 is 4.79 Å². The number of carbonyl (C=O) groups is 1. The lowest BCUT2D eigenvalue weighted by Gasteiger charge is -2.11. The Morgan fingerprint density at radius 1 is 0.971 bits per heavy atom. The maximum absolute atomic E-state index is 12.4. The first-order chi connectivity index (χ1) is 16.4. The first-order valence-electron chi connectivity index (χ1n) is 11.2. The maximum atomic E-state index is 12.4. The number of thiophene rings is 1. The number of carbonyl (C=O) groups excluding carboxylic acids is 1. The van der Waals surface area contributed by atoms with Crippen LogP contribution >= 0.6 is 11.3 Å². The van der Waals surface area contributed by atoms with Crippen LogP contribution in [0.15, 0.2) is 66.9 Å². The summed E-state index contributed by atoms with van der Waals surface area (Å²) in [7, 11) is 3.96. The van der Waals surface area contributed by atoms with Crippen LogP contribution in [0.3, 0.4) is 0 Å². The Kier molecular flexibility index (Phi) is 7.35. The van der Waals surface area contributed by atoms with E-state index in [-0.39, 0.29) is 5.91 Å². The number of likely N-dealkylation sites (N-methyl/N-ethyl adjacent to an activating group) is 1. The van der Waals surface area contributed by atoms with Crippen molar-refractivity contribution in [3.8, 4) is 21.0 Å². The van der Waals surface area contributed by atoms with E-state index in [4.69, 9.17) is 4.98 Å². The van der Waals surface area contributed by atoms with Crippen molar-refractivity contribution in [2.24, 2.45) is 0 Å². The molecule has 0 fully saturated rings. The molecule has 0 spiro atoms. The highest BCUT2D eigenvalue weighted by Gasteiger charge is 2.12. The van der Waals surface area contributed by atoms with Crippen LogP contribution in [-0.2, 0) is 0 Å². The van der Waals surface area contributed by atoms with Crippen LogP contribution in [0.4, 0.5) is 11.6 Å². The highest BCUT2D eigenvalue weighted by molar-refractivity contribution is 7.18. The standard InChI is InChI=1S/C27H29N5OS/c1-18-7-5-8-19(2)25(18)24-12-11-23(34-24)22-13-14-29-27(31-22)30-21-10-6-9-20(17-21)26(33)28-15-16-32(3)4/h5-14,17H,15-16H2,1-4H3,(H,28,33)(H,29,30,31). The van der Waals surface area contributed by atoms with E-state index < -0.39 is 0 Å². The summed E-state index contributed by atoms with van der Waals surface area (Å²) in [5.41, 5.74) is 6.04. The van der Waals surface area contributed by atoms with Crippen molar-refractivity contribution in [3.05, 3.63) is 83.6 Å². The molecule has 0 unspecified atom stereocenters. The smallest absolute Gasteiger partial charge is 0.251 e. The number of aryl methyl sites for hydroxylation is 2. The van der Waals surface area contributed by atoms with Gasteiger partial charge in [-0.1, -0.05) is 24.3 Å². The molecule has 7 heteroatoms. The number of hydrogen-bond donors (Lipinski definition) is 2. The molecule has 34 heavy (non-hydrogen) atoms. The number of nitrogens with one attached hydrogen (secondary N) is 2. The van der Waals surface area contributed by atoms with Gasteiger partial charge in [-0.05, 0) is 81.0 Å². The lowest BCUT2D eigenvalue weighted by Crippen LogP contribution is -2.31. The molecule has 0 atom stereocenters. The lowest BCUT2D eigenvalue weighted by atomic mass is 10.0. The first-order valence-corrected chi connectivity index (χ1v) is 12.0. The minimum atomic E-state index is -0.0993. The summed E-state index contributed by atoms with van der Waals surface area (Å²) in [5, 5.41) is 6.17. The quantitative estimate of drug-likeness (QED) is 0.354. The molecule has 0 bridgehead atoms. The van der Waals surface area contributed by atoms with Gasteiger partial charge in [-0.15, -0.1) is 11.3 Å². The van der Waals surface area contributed by atoms with Crippen molar-refractivity contribution in [1.29, 1.82) is 0 Å². The normalized spacial score (nSPS) is 11.0. The zero-order chi connectivity index (χ0) is 24.1. The van der Waals surface area contributed by atoms with Gasteiger partial charge in [-0.3, -0.25) is 4.79 Å². The average molecular weight is 472 g/mol. The maximum Gasteiger partial charge on any atom is 0.251 e. The van der Waals surface area contributed by atoms with E-state index in [2.05, 4.69) is 59.8 Å². The monoisotopic (exact) mass is 471 g/mol.